The first kappa shape index (κ1) is 15.7. The van der Waals surface area contributed by atoms with Crippen molar-refractivity contribution in [3.63, 3.8) is 0 Å². The fourth-order valence-corrected chi connectivity index (χ4v) is 2.77. The second kappa shape index (κ2) is 7.96. The summed E-state index contributed by atoms with van der Waals surface area (Å²) in [6.07, 6.45) is 4.89. The summed E-state index contributed by atoms with van der Waals surface area (Å²) in [6, 6.07) is 8.75. The maximum absolute atomic E-state index is 3.58. The van der Waals surface area contributed by atoms with E-state index in [0.717, 1.165) is 24.0 Å². The molecule has 1 rings (SSSR count). The minimum Gasteiger partial charge on any atom is -0.316 e. The molecule has 1 unspecified atom stereocenters. The van der Waals surface area contributed by atoms with Crippen LogP contribution in [0.1, 0.15) is 45.6 Å². The lowest BCUT2D eigenvalue weighted by atomic mass is 9.79. The van der Waals surface area contributed by atoms with Crippen molar-refractivity contribution in [2.45, 2.75) is 46.5 Å². The van der Waals surface area contributed by atoms with Gasteiger partial charge in [-0.25, -0.2) is 0 Å². The lowest BCUT2D eigenvalue weighted by molar-refractivity contribution is 0.275. The third-order valence-electron chi connectivity index (χ3n) is 3.38. The Labute approximate surface area is 120 Å². The molecule has 1 aromatic rings. The van der Waals surface area contributed by atoms with Gasteiger partial charge in [-0.1, -0.05) is 55.3 Å². The molecule has 1 aromatic carbocycles. The summed E-state index contributed by atoms with van der Waals surface area (Å²) in [5.41, 5.74) is 1.81. The molecule has 0 spiro atoms. The largest absolute Gasteiger partial charge is 0.316 e. The molecule has 0 heterocycles. The Kier molecular flexibility index (Phi) is 6.95. The molecule has 0 radical (unpaired) electrons. The van der Waals surface area contributed by atoms with E-state index in [1.165, 1.54) is 24.8 Å². The number of nitrogens with one attached hydrogen (secondary N) is 1. The van der Waals surface area contributed by atoms with Crippen molar-refractivity contribution in [2.24, 2.45) is 5.41 Å². The number of halogens is 1. The molecule has 18 heavy (non-hydrogen) atoms. The number of hydrogen-bond acceptors (Lipinski definition) is 1. The summed E-state index contributed by atoms with van der Waals surface area (Å²) in [5, 5.41) is 3.58. The molecule has 1 atom stereocenters. The highest BCUT2D eigenvalue weighted by atomic mass is 79.9. The van der Waals surface area contributed by atoms with Gasteiger partial charge in [0.1, 0.15) is 0 Å². The van der Waals surface area contributed by atoms with Gasteiger partial charge in [-0.2, -0.15) is 0 Å². The second-order valence-electron chi connectivity index (χ2n) is 5.54. The normalized spacial score (nSPS) is 14.4. The molecule has 0 aromatic heterocycles. The Bertz CT molecular complexity index is 333. The lowest BCUT2D eigenvalue weighted by Crippen LogP contribution is -2.34. The van der Waals surface area contributed by atoms with E-state index < -0.39 is 0 Å². The molecule has 0 bridgehead atoms. The average molecular weight is 312 g/mol. The molecular formula is C16H26BrN. The number of rotatable bonds is 8. The smallest absolute Gasteiger partial charge is 0.0175 e. The third kappa shape index (κ3) is 5.53. The number of hydrogen-bond donors (Lipinski definition) is 1. The van der Waals surface area contributed by atoms with Gasteiger partial charge >= 0.3 is 0 Å². The molecule has 102 valence electrons. The first-order chi connectivity index (χ1) is 8.59. The van der Waals surface area contributed by atoms with Crippen LogP contribution >= 0.6 is 15.9 Å². The zero-order valence-electron chi connectivity index (χ0n) is 11.9. The van der Waals surface area contributed by atoms with Crippen molar-refractivity contribution in [3.05, 3.63) is 34.3 Å². The Balaban J connectivity index is 2.62. The number of benzene rings is 1. The minimum atomic E-state index is 0.373. The summed E-state index contributed by atoms with van der Waals surface area (Å²) in [4.78, 5) is 0. The Morgan fingerprint density at radius 1 is 1.11 bits per heavy atom. The first-order valence-electron chi connectivity index (χ1n) is 7.05. The summed E-state index contributed by atoms with van der Waals surface area (Å²) in [7, 11) is 0. The summed E-state index contributed by atoms with van der Waals surface area (Å²) in [5.74, 6) is 0. The molecule has 0 saturated heterocycles. The summed E-state index contributed by atoms with van der Waals surface area (Å²) in [6.45, 7) is 9.14. The summed E-state index contributed by atoms with van der Waals surface area (Å²) >= 11 is 3.49. The molecular weight excluding hydrogens is 286 g/mol. The van der Waals surface area contributed by atoms with Crippen molar-refractivity contribution < 1.29 is 0 Å². The highest BCUT2D eigenvalue weighted by Gasteiger charge is 2.23. The van der Waals surface area contributed by atoms with Crippen LogP contribution < -0.4 is 5.32 Å². The van der Waals surface area contributed by atoms with Gasteiger partial charge in [0.15, 0.2) is 0 Å². The van der Waals surface area contributed by atoms with Gasteiger partial charge in [-0.15, -0.1) is 0 Å². The zero-order valence-corrected chi connectivity index (χ0v) is 13.5. The van der Waals surface area contributed by atoms with E-state index >= 15 is 0 Å². The van der Waals surface area contributed by atoms with E-state index in [1.807, 2.05) is 0 Å². The average Bonchev–Trinajstić information content (AvgIpc) is 2.33. The Hall–Kier alpha value is -0.340. The SMILES string of the molecule is CCCNCC(C)(CCC)Cc1ccc(Br)cc1. The van der Waals surface area contributed by atoms with Crippen LogP contribution in [0.5, 0.6) is 0 Å². The fourth-order valence-electron chi connectivity index (χ4n) is 2.50. The van der Waals surface area contributed by atoms with E-state index in [2.05, 4.69) is 66.3 Å². The molecule has 0 saturated carbocycles. The fraction of sp³-hybridized carbons (Fsp3) is 0.625. The van der Waals surface area contributed by atoms with Gasteiger partial charge in [0.2, 0.25) is 0 Å². The van der Waals surface area contributed by atoms with E-state index in [4.69, 9.17) is 0 Å². The van der Waals surface area contributed by atoms with Crippen molar-refractivity contribution in [1.82, 2.24) is 5.32 Å². The van der Waals surface area contributed by atoms with Gasteiger partial charge in [0.25, 0.3) is 0 Å². The predicted octanol–water partition coefficient (Wildman–Crippen LogP) is 4.80. The summed E-state index contributed by atoms with van der Waals surface area (Å²) < 4.78 is 1.16. The van der Waals surface area contributed by atoms with Crippen LogP contribution in [-0.4, -0.2) is 13.1 Å². The Morgan fingerprint density at radius 2 is 1.78 bits per heavy atom. The monoisotopic (exact) mass is 311 g/mol. The van der Waals surface area contributed by atoms with Gasteiger partial charge in [-0.3, -0.25) is 0 Å². The lowest BCUT2D eigenvalue weighted by Gasteiger charge is -2.30. The van der Waals surface area contributed by atoms with Crippen LogP contribution in [0.2, 0.25) is 0 Å². The van der Waals surface area contributed by atoms with Crippen LogP contribution in [0.3, 0.4) is 0 Å². The van der Waals surface area contributed by atoms with E-state index in [0.29, 0.717) is 5.41 Å². The van der Waals surface area contributed by atoms with Crippen LogP contribution in [-0.2, 0) is 6.42 Å². The highest BCUT2D eigenvalue weighted by Crippen LogP contribution is 2.28. The molecule has 0 aliphatic heterocycles. The van der Waals surface area contributed by atoms with Crippen molar-refractivity contribution in [1.29, 1.82) is 0 Å². The van der Waals surface area contributed by atoms with Crippen LogP contribution in [0.15, 0.2) is 28.7 Å². The molecule has 0 fully saturated rings. The zero-order chi connectivity index (χ0) is 13.4. The van der Waals surface area contributed by atoms with Crippen LogP contribution in [0, 0.1) is 5.41 Å². The molecule has 1 nitrogen and oxygen atoms in total. The van der Waals surface area contributed by atoms with Gasteiger partial charge in [-0.05, 0) is 48.9 Å². The second-order valence-corrected chi connectivity index (χ2v) is 6.46. The first-order valence-corrected chi connectivity index (χ1v) is 7.84. The highest BCUT2D eigenvalue weighted by molar-refractivity contribution is 9.10. The molecule has 2 heteroatoms. The van der Waals surface area contributed by atoms with Gasteiger partial charge in [0, 0.05) is 11.0 Å². The van der Waals surface area contributed by atoms with Crippen LogP contribution in [0.25, 0.3) is 0 Å². The topological polar surface area (TPSA) is 12.0 Å². The van der Waals surface area contributed by atoms with Crippen LogP contribution in [0.4, 0.5) is 0 Å². The van der Waals surface area contributed by atoms with Crippen molar-refractivity contribution in [3.8, 4) is 0 Å². The van der Waals surface area contributed by atoms with E-state index in [-0.39, 0.29) is 0 Å². The molecule has 0 amide bonds. The Morgan fingerprint density at radius 3 is 2.33 bits per heavy atom. The van der Waals surface area contributed by atoms with E-state index in [1.54, 1.807) is 0 Å². The van der Waals surface area contributed by atoms with Gasteiger partial charge < -0.3 is 5.32 Å². The standard InChI is InChI=1S/C16H26BrN/c1-4-10-16(3,13-18-11-5-2)12-14-6-8-15(17)9-7-14/h6-9,18H,4-5,10-13H2,1-3H3. The van der Waals surface area contributed by atoms with E-state index in [9.17, 15) is 0 Å². The third-order valence-corrected chi connectivity index (χ3v) is 3.90. The predicted molar refractivity (Wildman–Crippen MR) is 84.0 cm³/mol. The molecule has 0 aliphatic carbocycles. The maximum Gasteiger partial charge on any atom is 0.0175 e. The van der Waals surface area contributed by atoms with Crippen molar-refractivity contribution >= 4 is 15.9 Å². The molecule has 1 N–H and O–H groups in total. The minimum absolute atomic E-state index is 0.373. The molecule has 0 aliphatic rings. The maximum atomic E-state index is 3.58. The van der Waals surface area contributed by atoms with Crippen molar-refractivity contribution in [2.75, 3.05) is 13.1 Å². The van der Waals surface area contributed by atoms with Gasteiger partial charge in [0.05, 0.1) is 0 Å². The quantitative estimate of drug-likeness (QED) is 0.680.